The number of methoxy groups -OCH3 is 1. The van der Waals surface area contributed by atoms with E-state index in [-0.39, 0.29) is 22.6 Å². The van der Waals surface area contributed by atoms with Gasteiger partial charge in [-0.15, -0.1) is 0 Å². The Morgan fingerprint density at radius 2 is 1.67 bits per heavy atom. The van der Waals surface area contributed by atoms with Crippen LogP contribution >= 0.6 is 11.6 Å². The lowest BCUT2D eigenvalue weighted by Crippen LogP contribution is -2.12. The van der Waals surface area contributed by atoms with E-state index in [9.17, 15) is 14.7 Å². The number of anilines is 3. The zero-order valence-corrected chi connectivity index (χ0v) is 20.5. The van der Waals surface area contributed by atoms with E-state index < -0.39 is 5.97 Å². The van der Waals surface area contributed by atoms with E-state index in [2.05, 4.69) is 10.3 Å². The Morgan fingerprint density at radius 1 is 0.972 bits per heavy atom. The molecule has 7 nitrogen and oxygen atoms in total. The Morgan fingerprint density at radius 3 is 2.28 bits per heavy atom. The predicted molar refractivity (Wildman–Crippen MR) is 141 cm³/mol. The molecule has 0 amide bonds. The molecule has 0 aliphatic rings. The summed E-state index contributed by atoms with van der Waals surface area (Å²) in [6.45, 7) is 0.418. The van der Waals surface area contributed by atoms with Crippen LogP contribution in [-0.4, -0.2) is 36.0 Å². The van der Waals surface area contributed by atoms with Crippen LogP contribution in [0.2, 0.25) is 5.02 Å². The lowest BCUT2D eigenvalue weighted by molar-refractivity contribution is 0.0698. The van der Waals surface area contributed by atoms with Crippen LogP contribution < -0.4 is 15.0 Å². The number of hydrogen-bond donors (Lipinski definition) is 2. The number of aromatic carboxylic acids is 1. The number of ketones is 1. The molecule has 2 N–H and O–H groups in total. The van der Waals surface area contributed by atoms with E-state index in [4.69, 9.17) is 16.3 Å². The van der Waals surface area contributed by atoms with Crippen molar-refractivity contribution in [3.8, 4) is 5.75 Å². The van der Waals surface area contributed by atoms with Gasteiger partial charge in [-0.05, 0) is 72.3 Å². The van der Waals surface area contributed by atoms with Gasteiger partial charge in [0.1, 0.15) is 11.4 Å². The zero-order chi connectivity index (χ0) is 25.7. The van der Waals surface area contributed by atoms with Gasteiger partial charge < -0.3 is 20.1 Å². The largest absolute Gasteiger partial charge is 0.497 e. The second kappa shape index (κ2) is 10.9. The molecular weight excluding hydrogens is 478 g/mol. The summed E-state index contributed by atoms with van der Waals surface area (Å²) in [6, 6.07) is 22.8. The fourth-order valence-corrected chi connectivity index (χ4v) is 3.76. The van der Waals surface area contributed by atoms with Crippen LogP contribution in [0.3, 0.4) is 0 Å². The van der Waals surface area contributed by atoms with Crippen LogP contribution in [0.5, 0.6) is 5.75 Å². The van der Waals surface area contributed by atoms with Crippen LogP contribution in [0, 0.1) is 0 Å². The van der Waals surface area contributed by atoms with Gasteiger partial charge in [0.05, 0.1) is 24.6 Å². The third kappa shape index (κ3) is 5.64. The Bertz CT molecular complexity index is 1370. The second-order valence-corrected chi connectivity index (χ2v) is 8.47. The lowest BCUT2D eigenvalue weighted by atomic mass is 10.0. The third-order valence-corrected chi connectivity index (χ3v) is 5.99. The normalized spacial score (nSPS) is 10.5. The molecule has 0 saturated heterocycles. The summed E-state index contributed by atoms with van der Waals surface area (Å²) in [6.07, 6.45) is 1.60. The predicted octanol–water partition coefficient (Wildman–Crippen LogP) is 6.05. The highest BCUT2D eigenvalue weighted by atomic mass is 35.5. The Labute approximate surface area is 213 Å². The SMILES string of the molecule is COc1ccc(CNc2ccc(C(=O)c3ccc(N(C)c4ccc(Cl)cc4)cn3)cc2C(=O)O)cc1. The molecule has 0 aliphatic heterocycles. The first-order chi connectivity index (χ1) is 17.4. The highest BCUT2D eigenvalue weighted by Gasteiger charge is 2.17. The minimum Gasteiger partial charge on any atom is -0.497 e. The molecule has 4 aromatic rings. The van der Waals surface area contributed by atoms with Crippen LogP contribution in [0.25, 0.3) is 0 Å². The van der Waals surface area contributed by atoms with Gasteiger partial charge in [0.15, 0.2) is 0 Å². The van der Waals surface area contributed by atoms with Gasteiger partial charge in [0, 0.05) is 35.6 Å². The number of pyridine rings is 1. The Kier molecular flexibility index (Phi) is 7.51. The molecule has 0 unspecified atom stereocenters. The fraction of sp³-hybridized carbons (Fsp3) is 0.107. The number of nitrogens with zero attached hydrogens (tertiary/aromatic N) is 2. The number of aromatic nitrogens is 1. The second-order valence-electron chi connectivity index (χ2n) is 8.03. The summed E-state index contributed by atoms with van der Waals surface area (Å²) in [4.78, 5) is 31.2. The van der Waals surface area contributed by atoms with E-state index in [1.807, 2.05) is 48.3 Å². The first-order valence-corrected chi connectivity index (χ1v) is 11.5. The molecular formula is C28H24ClN3O4. The maximum atomic E-state index is 13.0. The van der Waals surface area contributed by atoms with Crippen molar-refractivity contribution >= 4 is 40.4 Å². The molecule has 36 heavy (non-hydrogen) atoms. The van der Waals surface area contributed by atoms with Gasteiger partial charge in [-0.2, -0.15) is 0 Å². The number of halogens is 1. The van der Waals surface area contributed by atoms with E-state index in [0.29, 0.717) is 17.3 Å². The minimum atomic E-state index is -1.13. The van der Waals surface area contributed by atoms with E-state index in [1.54, 1.807) is 49.7 Å². The van der Waals surface area contributed by atoms with Gasteiger partial charge in [0.2, 0.25) is 5.78 Å². The Hall–Kier alpha value is -4.36. The maximum absolute atomic E-state index is 13.0. The molecule has 0 bridgehead atoms. The summed E-state index contributed by atoms with van der Waals surface area (Å²) in [7, 11) is 3.48. The molecule has 182 valence electrons. The van der Waals surface area contributed by atoms with Crippen molar-refractivity contribution in [1.29, 1.82) is 0 Å². The van der Waals surface area contributed by atoms with Crippen molar-refractivity contribution in [2.75, 3.05) is 24.4 Å². The zero-order valence-electron chi connectivity index (χ0n) is 19.7. The van der Waals surface area contributed by atoms with Crippen molar-refractivity contribution in [3.63, 3.8) is 0 Å². The van der Waals surface area contributed by atoms with Crippen LogP contribution in [0.1, 0.15) is 32.0 Å². The summed E-state index contributed by atoms with van der Waals surface area (Å²) >= 11 is 5.96. The molecule has 0 aliphatic carbocycles. The smallest absolute Gasteiger partial charge is 0.337 e. The van der Waals surface area contributed by atoms with Gasteiger partial charge in [-0.25, -0.2) is 4.79 Å². The number of ether oxygens (including phenoxy) is 1. The third-order valence-electron chi connectivity index (χ3n) is 5.74. The average molecular weight is 502 g/mol. The monoisotopic (exact) mass is 501 g/mol. The number of rotatable bonds is 9. The molecule has 0 saturated carbocycles. The number of carbonyl (C=O) groups is 2. The van der Waals surface area contributed by atoms with Crippen LogP contribution in [0.4, 0.5) is 17.1 Å². The molecule has 1 aromatic heterocycles. The molecule has 0 spiro atoms. The van der Waals surface area contributed by atoms with Crippen molar-refractivity contribution < 1.29 is 19.4 Å². The molecule has 8 heteroatoms. The van der Waals surface area contributed by atoms with Gasteiger partial charge in [0.25, 0.3) is 0 Å². The summed E-state index contributed by atoms with van der Waals surface area (Å²) in [5, 5.41) is 13.5. The first kappa shape index (κ1) is 24.8. The van der Waals surface area contributed by atoms with Gasteiger partial charge in [-0.1, -0.05) is 23.7 Å². The topological polar surface area (TPSA) is 91.8 Å². The van der Waals surface area contributed by atoms with Crippen molar-refractivity contribution in [1.82, 2.24) is 4.98 Å². The first-order valence-electron chi connectivity index (χ1n) is 11.1. The Balaban J connectivity index is 1.50. The average Bonchev–Trinajstić information content (AvgIpc) is 2.91. The summed E-state index contributed by atoms with van der Waals surface area (Å²) < 4.78 is 5.15. The molecule has 0 fully saturated rings. The quantitative estimate of drug-likeness (QED) is 0.269. The fourth-order valence-electron chi connectivity index (χ4n) is 3.64. The van der Waals surface area contributed by atoms with Gasteiger partial charge in [-0.3, -0.25) is 9.78 Å². The number of carbonyl (C=O) groups excluding carboxylic acids is 1. The van der Waals surface area contributed by atoms with Crippen molar-refractivity contribution in [2.24, 2.45) is 0 Å². The number of carboxylic acid groups (broad SMARTS) is 1. The summed E-state index contributed by atoms with van der Waals surface area (Å²) in [5.74, 6) is -0.749. The van der Waals surface area contributed by atoms with E-state index in [1.165, 1.54) is 6.07 Å². The maximum Gasteiger partial charge on any atom is 0.337 e. The summed E-state index contributed by atoms with van der Waals surface area (Å²) in [5.41, 5.74) is 3.56. The van der Waals surface area contributed by atoms with E-state index >= 15 is 0 Å². The molecule has 3 aromatic carbocycles. The van der Waals surface area contributed by atoms with Crippen LogP contribution in [0.15, 0.2) is 85.1 Å². The lowest BCUT2D eigenvalue weighted by Gasteiger charge is -2.19. The van der Waals surface area contributed by atoms with Crippen molar-refractivity contribution in [3.05, 3.63) is 112 Å². The number of hydrogen-bond acceptors (Lipinski definition) is 6. The number of carboxylic acids is 1. The molecule has 1 heterocycles. The standard InChI is InChI=1S/C28H24ClN3O4/c1-32(21-8-6-20(29)7-9-21)22-10-14-26(31-17-22)27(33)19-5-13-25(24(15-19)28(34)35)30-16-18-3-11-23(36-2)12-4-18/h3-15,17,30H,16H2,1-2H3,(H,34,35). The molecule has 4 rings (SSSR count). The van der Waals surface area contributed by atoms with Crippen molar-refractivity contribution in [2.45, 2.75) is 6.54 Å². The van der Waals surface area contributed by atoms with Gasteiger partial charge >= 0.3 is 5.97 Å². The molecule has 0 radical (unpaired) electrons. The number of nitrogens with one attached hydrogen (secondary N) is 1. The number of benzene rings is 3. The van der Waals surface area contributed by atoms with Crippen LogP contribution in [-0.2, 0) is 6.54 Å². The minimum absolute atomic E-state index is 0.00783. The molecule has 0 atom stereocenters. The highest BCUT2D eigenvalue weighted by Crippen LogP contribution is 2.25. The van der Waals surface area contributed by atoms with E-state index in [0.717, 1.165) is 22.7 Å². The highest BCUT2D eigenvalue weighted by molar-refractivity contribution is 6.30.